The number of imide groups is 2. The minimum atomic E-state index is -2.98. The predicted molar refractivity (Wildman–Crippen MR) is 205 cm³/mol. The van der Waals surface area contributed by atoms with E-state index in [1.54, 1.807) is 36.4 Å². The van der Waals surface area contributed by atoms with Crippen molar-refractivity contribution < 1.29 is 42.1 Å². The lowest BCUT2D eigenvalue weighted by atomic mass is 10.0. The molecule has 1 aromatic heterocycles. The van der Waals surface area contributed by atoms with Crippen LogP contribution in [0.1, 0.15) is 58.4 Å². The Hall–Kier alpha value is -6.63. The Morgan fingerprint density at radius 3 is 2.60 bits per heavy atom. The van der Waals surface area contributed by atoms with Crippen LogP contribution >= 0.6 is 0 Å². The lowest BCUT2D eigenvalue weighted by Gasteiger charge is -2.27. The van der Waals surface area contributed by atoms with E-state index in [0.29, 0.717) is 22.5 Å². The summed E-state index contributed by atoms with van der Waals surface area (Å²) in [6.45, 7) is 0.362. The Kier molecular flexibility index (Phi) is 12.3. The van der Waals surface area contributed by atoms with E-state index < -0.39 is 51.1 Å². The Morgan fingerprint density at radius 2 is 1.81 bits per heavy atom. The van der Waals surface area contributed by atoms with Gasteiger partial charge in [-0.3, -0.25) is 39.0 Å². The predicted octanol–water partition coefficient (Wildman–Crippen LogP) is 3.35. The molecule has 296 valence electrons. The van der Waals surface area contributed by atoms with E-state index in [1.807, 2.05) is 0 Å². The highest BCUT2D eigenvalue weighted by Gasteiger charge is 2.45. The average Bonchev–Trinajstić information content (AvgIpc) is 3.42. The van der Waals surface area contributed by atoms with Crippen LogP contribution in [-0.2, 0) is 34.7 Å². The van der Waals surface area contributed by atoms with Crippen molar-refractivity contribution >= 4 is 62.5 Å². The van der Waals surface area contributed by atoms with Gasteiger partial charge in [-0.1, -0.05) is 18.2 Å². The molecular formula is C38H38FN9O8S. The van der Waals surface area contributed by atoms with E-state index in [0.717, 1.165) is 4.90 Å². The summed E-state index contributed by atoms with van der Waals surface area (Å²) < 4.78 is 36.2. The topological polar surface area (TPSA) is 231 Å². The fourth-order valence-electron chi connectivity index (χ4n) is 6.36. The number of rotatable bonds is 15. The molecule has 1 saturated heterocycles. The highest BCUT2D eigenvalue weighted by Crippen LogP contribution is 2.32. The number of nitrogens with zero attached hydrogens (tertiary/aromatic N) is 5. The number of hydrogen-bond acceptors (Lipinski definition) is 13. The van der Waals surface area contributed by atoms with Crippen LogP contribution < -0.4 is 26.0 Å². The number of aromatic nitrogens is 3. The first-order valence-corrected chi connectivity index (χ1v) is 19.9. The van der Waals surface area contributed by atoms with Crippen LogP contribution in [0.15, 0.2) is 71.4 Å². The van der Waals surface area contributed by atoms with Gasteiger partial charge in [0.2, 0.25) is 23.7 Å². The number of halogens is 1. The van der Waals surface area contributed by atoms with Crippen LogP contribution in [0.2, 0.25) is 0 Å². The molecule has 2 aliphatic rings. The zero-order valence-electron chi connectivity index (χ0n) is 30.9. The number of methoxy groups -OCH3 is 1. The molecule has 1 fully saturated rings. The maximum Gasteiger partial charge on any atom is 0.264 e. The fraction of sp³-hybridized carbons (Fsp3) is 0.289. The van der Waals surface area contributed by atoms with Crippen LogP contribution in [0.3, 0.4) is 0 Å². The molecule has 0 radical (unpaired) electrons. The minimum absolute atomic E-state index is 0.0111. The van der Waals surface area contributed by atoms with Gasteiger partial charge in [0.25, 0.3) is 17.7 Å². The lowest BCUT2D eigenvalue weighted by molar-refractivity contribution is -0.136. The first-order valence-electron chi connectivity index (χ1n) is 17.8. The number of benzene rings is 3. The molecule has 0 saturated carbocycles. The van der Waals surface area contributed by atoms with Gasteiger partial charge in [0, 0.05) is 56.0 Å². The van der Waals surface area contributed by atoms with Gasteiger partial charge >= 0.3 is 0 Å². The number of piperidine rings is 1. The normalized spacial score (nSPS) is 16.0. The molecule has 0 spiro atoms. The number of anilines is 3. The molecule has 19 heteroatoms. The summed E-state index contributed by atoms with van der Waals surface area (Å²) in [5.41, 5.74) is 2.28. The van der Waals surface area contributed by atoms with Crippen molar-refractivity contribution in [2.24, 2.45) is 4.36 Å². The molecule has 3 heterocycles. The second-order valence-corrected chi connectivity index (χ2v) is 15.6. The van der Waals surface area contributed by atoms with Gasteiger partial charge < -0.3 is 20.7 Å². The third-order valence-electron chi connectivity index (χ3n) is 8.91. The maximum atomic E-state index is 13.7. The summed E-state index contributed by atoms with van der Waals surface area (Å²) in [6.07, 6.45) is 2.84. The second-order valence-electron chi connectivity index (χ2n) is 13.2. The number of carbonyl (C=O) groups is 6. The van der Waals surface area contributed by atoms with Crippen molar-refractivity contribution in [3.8, 4) is 17.1 Å². The molecule has 6 amide bonds. The molecule has 2 aliphatic heterocycles. The van der Waals surface area contributed by atoms with E-state index >= 15 is 0 Å². The van der Waals surface area contributed by atoms with Crippen molar-refractivity contribution in [3.05, 3.63) is 89.5 Å². The molecule has 3 aromatic carbocycles. The average molecular weight is 800 g/mol. The summed E-state index contributed by atoms with van der Waals surface area (Å²) in [4.78, 5) is 88.9. The number of fused-ring (bicyclic) bond motifs is 1. The second kappa shape index (κ2) is 17.4. The summed E-state index contributed by atoms with van der Waals surface area (Å²) in [5.74, 6) is -3.12. The molecule has 57 heavy (non-hydrogen) atoms. The molecule has 6 rings (SSSR count). The van der Waals surface area contributed by atoms with Gasteiger partial charge in [0.1, 0.15) is 23.9 Å². The van der Waals surface area contributed by atoms with E-state index in [4.69, 9.17) is 4.74 Å². The van der Waals surface area contributed by atoms with E-state index in [1.165, 1.54) is 44.0 Å². The van der Waals surface area contributed by atoms with Gasteiger partial charge in [0.15, 0.2) is 5.82 Å². The van der Waals surface area contributed by atoms with Gasteiger partial charge in [-0.2, -0.15) is 9.35 Å². The smallest absolute Gasteiger partial charge is 0.264 e. The Morgan fingerprint density at radius 1 is 1.00 bits per heavy atom. The zero-order valence-corrected chi connectivity index (χ0v) is 31.7. The largest absolute Gasteiger partial charge is 0.496 e. The first-order chi connectivity index (χ1) is 27.3. The summed E-state index contributed by atoms with van der Waals surface area (Å²) in [7, 11) is -1.56. The van der Waals surface area contributed by atoms with Gasteiger partial charge in [0.05, 0.1) is 39.3 Å². The molecule has 17 nitrogen and oxygen atoms in total. The van der Waals surface area contributed by atoms with Crippen molar-refractivity contribution in [3.63, 3.8) is 0 Å². The van der Waals surface area contributed by atoms with Crippen molar-refractivity contribution in [2.75, 3.05) is 37.1 Å². The van der Waals surface area contributed by atoms with Crippen molar-refractivity contribution in [2.45, 2.75) is 43.9 Å². The molecule has 4 aromatic rings. The molecule has 2 unspecified atom stereocenters. The highest BCUT2D eigenvalue weighted by atomic mass is 32.2. The van der Waals surface area contributed by atoms with Crippen molar-refractivity contribution in [1.82, 2.24) is 30.5 Å². The fourth-order valence-corrected chi connectivity index (χ4v) is 7.74. The Bertz CT molecular complexity index is 2400. The SMILES string of the molecule is COc1cc(F)ccc1-c1ncnc(Nc2cccc(CS(C)(=O)=NC(=O)CCCC(=O)NCCNc3cccc4c3C(=O)N(C3CCC(=O)NC3=O)C4=O)c2)n1. The van der Waals surface area contributed by atoms with Gasteiger partial charge in [-0.25, -0.2) is 18.6 Å². The van der Waals surface area contributed by atoms with Gasteiger partial charge in [-0.15, -0.1) is 0 Å². The number of nitrogens with one attached hydrogen (secondary N) is 4. The summed E-state index contributed by atoms with van der Waals surface area (Å²) in [5, 5.41) is 11.0. The van der Waals surface area contributed by atoms with Gasteiger partial charge in [-0.05, 0) is 54.8 Å². The summed E-state index contributed by atoms with van der Waals surface area (Å²) in [6, 6.07) is 14.6. The molecule has 0 bridgehead atoms. The third kappa shape index (κ3) is 9.79. The number of ether oxygens (including phenoxy) is 1. The van der Waals surface area contributed by atoms with Crippen LogP contribution in [0.5, 0.6) is 5.75 Å². The molecule has 4 N–H and O–H groups in total. The molecular weight excluding hydrogens is 762 g/mol. The third-order valence-corrected chi connectivity index (χ3v) is 10.4. The highest BCUT2D eigenvalue weighted by molar-refractivity contribution is 7.92. The summed E-state index contributed by atoms with van der Waals surface area (Å²) >= 11 is 0. The first kappa shape index (κ1) is 40.0. The zero-order chi connectivity index (χ0) is 40.7. The molecule has 0 aliphatic carbocycles. The van der Waals surface area contributed by atoms with Crippen molar-refractivity contribution in [1.29, 1.82) is 0 Å². The number of amides is 6. The van der Waals surface area contributed by atoms with E-state index in [-0.39, 0.29) is 85.5 Å². The van der Waals surface area contributed by atoms with Crippen LogP contribution in [0, 0.1) is 5.82 Å². The number of hydrogen-bond donors (Lipinski definition) is 4. The quantitative estimate of drug-likeness (QED) is 0.100. The minimum Gasteiger partial charge on any atom is -0.496 e. The Labute approximate surface area is 326 Å². The molecule has 2 atom stereocenters. The van der Waals surface area contributed by atoms with Crippen LogP contribution in [-0.4, -0.2) is 92.0 Å². The Balaban J connectivity index is 0.948. The van der Waals surface area contributed by atoms with Crippen LogP contribution in [0.4, 0.5) is 21.7 Å². The lowest BCUT2D eigenvalue weighted by Crippen LogP contribution is -2.54. The van der Waals surface area contributed by atoms with E-state index in [2.05, 4.69) is 40.6 Å². The number of carbonyl (C=O) groups excluding carboxylic acids is 6. The standard InChI is InChI=1S/C38H38FN9O8S/c1-56-29-19-23(39)12-13-25(29)34-42-21-43-38(46-34)44-24-7-3-6-22(18-24)20-57(2,55)47-32(51)11-5-10-30(49)41-17-16-40-27-9-4-8-26-33(27)37(54)48(36(26)53)28-14-15-31(50)45-35(28)52/h3-4,6-9,12-13,18-19,21,28,40H,5,10-11,14-17,20H2,1-2H3,(H,41,49)(H,45,50,52)(H,42,43,44,46). The van der Waals surface area contributed by atoms with E-state index in [9.17, 15) is 37.4 Å². The maximum absolute atomic E-state index is 13.7. The van der Waals surface area contributed by atoms with Crippen LogP contribution in [0.25, 0.3) is 11.4 Å². The monoisotopic (exact) mass is 799 g/mol.